The monoisotopic (exact) mass is 413 g/mol. The number of carbonyl (C=O) groups is 1. The number of carbonyl (C=O) groups excluding carboxylic acids is 1. The highest BCUT2D eigenvalue weighted by atomic mass is 35.5. The van der Waals surface area contributed by atoms with Crippen molar-refractivity contribution in [2.24, 2.45) is 0 Å². The number of amides is 1. The number of halogens is 1. The topological polar surface area (TPSA) is 84.6 Å². The second-order valence-corrected chi connectivity index (χ2v) is 7.06. The van der Waals surface area contributed by atoms with Gasteiger partial charge in [0.25, 0.3) is 11.8 Å². The molecule has 29 heavy (non-hydrogen) atoms. The molecule has 1 aromatic carbocycles. The van der Waals surface area contributed by atoms with Crippen molar-refractivity contribution >= 4 is 23.3 Å². The molecule has 0 spiro atoms. The lowest BCUT2D eigenvalue weighted by Crippen LogP contribution is -2.49. The molecule has 1 fully saturated rings. The second-order valence-electron chi connectivity index (χ2n) is 6.62. The minimum Gasteiger partial charge on any atom is -0.496 e. The molecule has 3 aromatic rings. The standard InChI is InChI=1S/C20H20ClN5O3/c1-13-23-24-19(29-13)16-4-3-7-22-18(16)25-8-10-26(11-9-25)20(27)15-6-5-14(21)12-17(15)28-2/h3-7,12H,8-11H2,1-2H3. The lowest BCUT2D eigenvalue weighted by molar-refractivity contribution is 0.0743. The van der Waals surface area contributed by atoms with Gasteiger partial charge in [-0.15, -0.1) is 10.2 Å². The van der Waals surface area contributed by atoms with E-state index in [1.807, 2.05) is 17.0 Å². The number of benzene rings is 1. The van der Waals surface area contributed by atoms with Crippen LogP contribution < -0.4 is 9.64 Å². The Balaban J connectivity index is 1.50. The predicted octanol–water partition coefficient (Wildman–Crippen LogP) is 3.06. The number of anilines is 1. The van der Waals surface area contributed by atoms with Crippen molar-refractivity contribution in [1.29, 1.82) is 0 Å². The maximum atomic E-state index is 13.0. The molecular formula is C20H20ClN5O3. The summed E-state index contributed by atoms with van der Waals surface area (Å²) in [5, 5.41) is 8.54. The Morgan fingerprint density at radius 3 is 2.66 bits per heavy atom. The Bertz CT molecular complexity index is 1030. The number of methoxy groups -OCH3 is 1. The summed E-state index contributed by atoms with van der Waals surface area (Å²) in [7, 11) is 1.53. The van der Waals surface area contributed by atoms with E-state index in [9.17, 15) is 4.79 Å². The lowest BCUT2D eigenvalue weighted by atomic mass is 10.1. The van der Waals surface area contributed by atoms with Crippen LogP contribution in [0.2, 0.25) is 5.02 Å². The van der Waals surface area contributed by atoms with E-state index in [-0.39, 0.29) is 5.91 Å². The van der Waals surface area contributed by atoms with Gasteiger partial charge in [-0.2, -0.15) is 0 Å². The number of rotatable bonds is 4. The van der Waals surface area contributed by atoms with Gasteiger partial charge in [0.05, 0.1) is 18.2 Å². The first-order valence-corrected chi connectivity index (χ1v) is 9.58. The van der Waals surface area contributed by atoms with Crippen LogP contribution in [0.3, 0.4) is 0 Å². The molecule has 150 valence electrons. The van der Waals surface area contributed by atoms with E-state index in [1.165, 1.54) is 7.11 Å². The molecule has 0 radical (unpaired) electrons. The van der Waals surface area contributed by atoms with E-state index in [0.717, 1.165) is 11.4 Å². The molecule has 0 unspecified atom stereocenters. The summed E-state index contributed by atoms with van der Waals surface area (Å²) in [5.74, 6) is 2.11. The summed E-state index contributed by atoms with van der Waals surface area (Å²) in [6.07, 6.45) is 1.73. The number of aryl methyl sites for hydroxylation is 1. The van der Waals surface area contributed by atoms with E-state index in [2.05, 4.69) is 20.1 Å². The molecule has 4 rings (SSSR count). The Kier molecular flexibility index (Phi) is 5.35. The average Bonchev–Trinajstić information content (AvgIpc) is 3.19. The molecule has 8 nitrogen and oxygen atoms in total. The zero-order chi connectivity index (χ0) is 20.4. The lowest BCUT2D eigenvalue weighted by Gasteiger charge is -2.36. The third-order valence-electron chi connectivity index (χ3n) is 4.80. The summed E-state index contributed by atoms with van der Waals surface area (Å²) in [5.41, 5.74) is 1.29. The van der Waals surface area contributed by atoms with Crippen molar-refractivity contribution in [3.05, 3.63) is 53.0 Å². The van der Waals surface area contributed by atoms with Crippen LogP contribution in [0.4, 0.5) is 5.82 Å². The number of ether oxygens (including phenoxy) is 1. The maximum absolute atomic E-state index is 13.0. The van der Waals surface area contributed by atoms with Gasteiger partial charge in [-0.05, 0) is 30.3 Å². The van der Waals surface area contributed by atoms with Crippen LogP contribution in [0, 0.1) is 6.92 Å². The van der Waals surface area contributed by atoms with Gasteiger partial charge in [-0.25, -0.2) is 4.98 Å². The van der Waals surface area contributed by atoms with Crippen molar-refractivity contribution in [1.82, 2.24) is 20.1 Å². The highest BCUT2D eigenvalue weighted by Crippen LogP contribution is 2.29. The zero-order valence-electron chi connectivity index (χ0n) is 16.1. The quantitative estimate of drug-likeness (QED) is 0.649. The Hall–Kier alpha value is -3.13. The van der Waals surface area contributed by atoms with Gasteiger partial charge in [0.15, 0.2) is 0 Å². The largest absolute Gasteiger partial charge is 0.496 e. The first-order valence-electron chi connectivity index (χ1n) is 9.20. The van der Waals surface area contributed by atoms with Gasteiger partial charge < -0.3 is 19.0 Å². The van der Waals surface area contributed by atoms with Crippen molar-refractivity contribution in [2.45, 2.75) is 6.92 Å². The normalized spacial score (nSPS) is 14.2. The third-order valence-corrected chi connectivity index (χ3v) is 5.04. The number of nitrogens with zero attached hydrogens (tertiary/aromatic N) is 5. The summed E-state index contributed by atoms with van der Waals surface area (Å²) in [6.45, 7) is 4.15. The summed E-state index contributed by atoms with van der Waals surface area (Å²) in [6, 6.07) is 8.79. The molecule has 0 bridgehead atoms. The van der Waals surface area contributed by atoms with Gasteiger partial charge in [-0.3, -0.25) is 4.79 Å². The smallest absolute Gasteiger partial charge is 0.257 e. The van der Waals surface area contributed by atoms with Gasteiger partial charge >= 0.3 is 0 Å². The Labute approximate surface area is 173 Å². The fourth-order valence-corrected chi connectivity index (χ4v) is 3.52. The minimum absolute atomic E-state index is 0.0769. The van der Waals surface area contributed by atoms with Gasteiger partial charge in [-0.1, -0.05) is 11.6 Å². The molecule has 1 aliphatic rings. The number of pyridine rings is 1. The van der Waals surface area contributed by atoms with E-state index < -0.39 is 0 Å². The number of aromatic nitrogens is 3. The van der Waals surface area contributed by atoms with E-state index in [4.69, 9.17) is 20.8 Å². The van der Waals surface area contributed by atoms with Crippen LogP contribution in [0.5, 0.6) is 5.75 Å². The zero-order valence-corrected chi connectivity index (χ0v) is 16.9. The van der Waals surface area contributed by atoms with Crippen LogP contribution >= 0.6 is 11.6 Å². The van der Waals surface area contributed by atoms with E-state index in [1.54, 1.807) is 31.3 Å². The van der Waals surface area contributed by atoms with Crippen molar-refractivity contribution in [3.8, 4) is 17.2 Å². The molecule has 1 aliphatic heterocycles. The fraction of sp³-hybridized carbons (Fsp3) is 0.300. The van der Waals surface area contributed by atoms with Gasteiger partial charge in [0, 0.05) is 44.3 Å². The molecular weight excluding hydrogens is 394 g/mol. The van der Waals surface area contributed by atoms with Crippen LogP contribution in [0.25, 0.3) is 11.5 Å². The second kappa shape index (κ2) is 8.08. The first kappa shape index (κ1) is 19.2. The van der Waals surface area contributed by atoms with Crippen LogP contribution in [0.1, 0.15) is 16.2 Å². The summed E-state index contributed by atoms with van der Waals surface area (Å²) >= 11 is 6.00. The number of hydrogen-bond donors (Lipinski definition) is 0. The first-order chi connectivity index (χ1) is 14.1. The summed E-state index contributed by atoms with van der Waals surface area (Å²) in [4.78, 5) is 21.4. The number of piperazine rings is 1. The summed E-state index contributed by atoms with van der Waals surface area (Å²) < 4.78 is 10.9. The van der Waals surface area contributed by atoms with Crippen LogP contribution in [-0.4, -0.2) is 59.3 Å². The molecule has 0 N–H and O–H groups in total. The minimum atomic E-state index is -0.0769. The third kappa shape index (κ3) is 3.88. The van der Waals surface area contributed by atoms with Gasteiger partial charge in [0.1, 0.15) is 11.6 Å². The highest BCUT2D eigenvalue weighted by molar-refractivity contribution is 6.30. The van der Waals surface area contributed by atoms with Crippen LogP contribution in [-0.2, 0) is 0 Å². The van der Waals surface area contributed by atoms with Crippen LogP contribution in [0.15, 0.2) is 40.9 Å². The molecule has 0 saturated carbocycles. The molecule has 0 atom stereocenters. The molecule has 1 saturated heterocycles. The Morgan fingerprint density at radius 2 is 1.97 bits per heavy atom. The van der Waals surface area contributed by atoms with Gasteiger partial charge in [0.2, 0.25) is 5.89 Å². The SMILES string of the molecule is COc1cc(Cl)ccc1C(=O)N1CCN(c2ncccc2-c2nnc(C)o2)CC1. The predicted molar refractivity (Wildman–Crippen MR) is 108 cm³/mol. The molecule has 3 heterocycles. The molecule has 1 amide bonds. The molecule has 0 aliphatic carbocycles. The maximum Gasteiger partial charge on any atom is 0.257 e. The Morgan fingerprint density at radius 1 is 1.17 bits per heavy atom. The van der Waals surface area contributed by atoms with E-state index >= 15 is 0 Å². The van der Waals surface area contributed by atoms with Crippen molar-refractivity contribution in [3.63, 3.8) is 0 Å². The fourth-order valence-electron chi connectivity index (χ4n) is 3.35. The number of hydrogen-bond acceptors (Lipinski definition) is 7. The molecule has 9 heteroatoms. The van der Waals surface area contributed by atoms with Crippen molar-refractivity contribution < 1.29 is 13.9 Å². The van der Waals surface area contributed by atoms with E-state index in [0.29, 0.717) is 54.3 Å². The van der Waals surface area contributed by atoms with Crippen molar-refractivity contribution in [2.75, 3.05) is 38.2 Å². The highest BCUT2D eigenvalue weighted by Gasteiger charge is 2.27. The average molecular weight is 414 g/mol. The molecule has 2 aromatic heterocycles.